The fourth-order valence-corrected chi connectivity index (χ4v) is 2.61. The molecule has 0 spiro atoms. The fraction of sp³-hybridized carbons (Fsp3) is 0.143. The van der Waals surface area contributed by atoms with Gasteiger partial charge in [0.25, 0.3) is 5.91 Å². The van der Waals surface area contributed by atoms with Crippen LogP contribution in [0.25, 0.3) is 0 Å². The number of hydrogen-bond donors (Lipinski definition) is 2. The van der Waals surface area contributed by atoms with Crippen molar-refractivity contribution in [2.45, 2.75) is 6.54 Å². The number of rotatable bonds is 7. The van der Waals surface area contributed by atoms with Crippen molar-refractivity contribution in [2.75, 3.05) is 24.9 Å². The van der Waals surface area contributed by atoms with Crippen LogP contribution in [0.2, 0.25) is 0 Å². The summed E-state index contributed by atoms with van der Waals surface area (Å²) in [5.41, 5.74) is 1.92. The predicted molar refractivity (Wildman–Crippen MR) is 108 cm³/mol. The summed E-state index contributed by atoms with van der Waals surface area (Å²) in [7, 11) is 2.92. The minimum absolute atomic E-state index is 0.149. The number of aromatic nitrogens is 2. The summed E-state index contributed by atoms with van der Waals surface area (Å²) in [5.74, 6) is 0.389. The zero-order valence-electron chi connectivity index (χ0n) is 16.0. The molecule has 0 aliphatic carbocycles. The molecule has 3 rings (SSSR count). The van der Waals surface area contributed by atoms with E-state index in [9.17, 15) is 9.59 Å². The zero-order chi connectivity index (χ0) is 20.6. The average Bonchev–Trinajstić information content (AvgIpc) is 2.77. The highest BCUT2D eigenvalue weighted by Gasteiger charge is 2.11. The van der Waals surface area contributed by atoms with Crippen molar-refractivity contribution in [3.8, 4) is 5.75 Å². The van der Waals surface area contributed by atoms with Gasteiger partial charge in [-0.25, -0.2) is 14.8 Å². The van der Waals surface area contributed by atoms with Crippen LogP contribution in [0, 0.1) is 0 Å². The van der Waals surface area contributed by atoms with Crippen LogP contribution < -0.4 is 15.4 Å². The number of ether oxygens (including phenoxy) is 2. The van der Waals surface area contributed by atoms with E-state index in [0.29, 0.717) is 23.6 Å². The van der Waals surface area contributed by atoms with Crippen molar-refractivity contribution in [2.24, 2.45) is 0 Å². The Morgan fingerprint density at radius 2 is 1.83 bits per heavy atom. The molecule has 1 amide bonds. The summed E-state index contributed by atoms with van der Waals surface area (Å²) in [6.45, 7) is 0.505. The molecule has 0 saturated heterocycles. The molecule has 8 nitrogen and oxygen atoms in total. The lowest BCUT2D eigenvalue weighted by atomic mass is 10.2. The van der Waals surface area contributed by atoms with Crippen LogP contribution in [0.4, 0.5) is 11.5 Å². The van der Waals surface area contributed by atoms with Gasteiger partial charge in [-0.1, -0.05) is 24.3 Å². The molecule has 0 bridgehead atoms. The normalized spacial score (nSPS) is 10.1. The van der Waals surface area contributed by atoms with E-state index in [4.69, 9.17) is 4.74 Å². The number of esters is 1. The van der Waals surface area contributed by atoms with E-state index in [-0.39, 0.29) is 5.69 Å². The number of anilines is 2. The average molecular weight is 392 g/mol. The highest BCUT2D eigenvalue weighted by atomic mass is 16.5. The number of hydrogen-bond acceptors (Lipinski definition) is 7. The molecule has 0 unspecified atom stereocenters. The molecule has 0 radical (unpaired) electrons. The third-order valence-corrected chi connectivity index (χ3v) is 4.08. The Labute approximate surface area is 167 Å². The van der Waals surface area contributed by atoms with Gasteiger partial charge in [-0.3, -0.25) is 4.79 Å². The number of methoxy groups -OCH3 is 2. The smallest absolute Gasteiger partial charge is 0.337 e. The molecular formula is C21H20N4O4. The van der Waals surface area contributed by atoms with Crippen molar-refractivity contribution in [1.29, 1.82) is 0 Å². The van der Waals surface area contributed by atoms with Crippen LogP contribution in [0.15, 0.2) is 60.9 Å². The molecule has 1 aromatic heterocycles. The Morgan fingerprint density at radius 3 is 2.55 bits per heavy atom. The monoisotopic (exact) mass is 392 g/mol. The molecular weight excluding hydrogens is 372 g/mol. The van der Waals surface area contributed by atoms with E-state index in [1.165, 1.54) is 25.6 Å². The summed E-state index contributed by atoms with van der Waals surface area (Å²) < 4.78 is 9.99. The molecule has 2 aromatic carbocycles. The Hall–Kier alpha value is -3.94. The van der Waals surface area contributed by atoms with Gasteiger partial charge in [-0.2, -0.15) is 0 Å². The van der Waals surface area contributed by atoms with Gasteiger partial charge in [0.15, 0.2) is 0 Å². The number of benzene rings is 2. The third-order valence-electron chi connectivity index (χ3n) is 4.08. The van der Waals surface area contributed by atoms with Crippen LogP contribution in [-0.2, 0) is 11.3 Å². The van der Waals surface area contributed by atoms with E-state index in [2.05, 4.69) is 25.3 Å². The van der Waals surface area contributed by atoms with Gasteiger partial charge in [0.05, 0.1) is 32.2 Å². The standard InChI is InChI=1S/C21H20N4O4/c1-28-18-9-4-3-6-15(18)11-23-19-13-22-17(12-24-19)20(26)25-16-8-5-7-14(10-16)21(27)29-2/h3-10,12-13H,11H2,1-2H3,(H,23,24)(H,25,26). The first kappa shape index (κ1) is 19.8. The summed E-state index contributed by atoms with van der Waals surface area (Å²) in [6.07, 6.45) is 2.86. The minimum atomic E-state index is -0.480. The lowest BCUT2D eigenvalue weighted by Crippen LogP contribution is -2.15. The summed E-state index contributed by atoms with van der Waals surface area (Å²) >= 11 is 0. The topological polar surface area (TPSA) is 102 Å². The van der Waals surface area contributed by atoms with Gasteiger partial charge in [-0.15, -0.1) is 0 Å². The van der Waals surface area contributed by atoms with E-state index in [1.54, 1.807) is 25.3 Å². The number of para-hydroxylation sites is 1. The largest absolute Gasteiger partial charge is 0.496 e. The van der Waals surface area contributed by atoms with E-state index < -0.39 is 11.9 Å². The van der Waals surface area contributed by atoms with Gasteiger partial charge in [0, 0.05) is 17.8 Å². The van der Waals surface area contributed by atoms with E-state index in [0.717, 1.165) is 11.3 Å². The third kappa shape index (κ3) is 5.07. The first-order valence-corrected chi connectivity index (χ1v) is 8.78. The Morgan fingerprint density at radius 1 is 1.00 bits per heavy atom. The first-order valence-electron chi connectivity index (χ1n) is 8.78. The van der Waals surface area contributed by atoms with Gasteiger partial charge in [0.2, 0.25) is 0 Å². The van der Waals surface area contributed by atoms with E-state index in [1.807, 2.05) is 24.3 Å². The molecule has 8 heteroatoms. The van der Waals surface area contributed by atoms with Crippen molar-refractivity contribution in [3.05, 3.63) is 77.7 Å². The number of carbonyl (C=O) groups excluding carboxylic acids is 2. The summed E-state index contributed by atoms with van der Waals surface area (Å²) in [6, 6.07) is 14.1. The number of nitrogens with zero attached hydrogens (tertiary/aromatic N) is 2. The van der Waals surface area contributed by atoms with Crippen molar-refractivity contribution < 1.29 is 19.1 Å². The summed E-state index contributed by atoms with van der Waals surface area (Å²) in [5, 5.41) is 5.82. The highest BCUT2D eigenvalue weighted by molar-refractivity contribution is 6.03. The molecule has 148 valence electrons. The Bertz CT molecular complexity index is 1010. The lowest BCUT2D eigenvalue weighted by Gasteiger charge is -2.10. The zero-order valence-corrected chi connectivity index (χ0v) is 16.0. The Balaban J connectivity index is 1.62. The van der Waals surface area contributed by atoms with Gasteiger partial charge in [-0.05, 0) is 24.3 Å². The maximum atomic E-state index is 12.4. The second-order valence-corrected chi connectivity index (χ2v) is 5.98. The molecule has 29 heavy (non-hydrogen) atoms. The van der Waals surface area contributed by atoms with Crippen LogP contribution in [-0.4, -0.2) is 36.1 Å². The first-order chi connectivity index (χ1) is 14.1. The van der Waals surface area contributed by atoms with Crippen LogP contribution in [0.5, 0.6) is 5.75 Å². The second-order valence-electron chi connectivity index (χ2n) is 5.98. The van der Waals surface area contributed by atoms with Crippen molar-refractivity contribution in [3.63, 3.8) is 0 Å². The molecule has 3 aromatic rings. The number of carbonyl (C=O) groups is 2. The molecule has 0 aliphatic heterocycles. The van der Waals surface area contributed by atoms with Crippen molar-refractivity contribution in [1.82, 2.24) is 9.97 Å². The molecule has 1 heterocycles. The fourth-order valence-electron chi connectivity index (χ4n) is 2.61. The maximum absolute atomic E-state index is 12.4. The molecule has 0 atom stereocenters. The Kier molecular flexibility index (Phi) is 6.36. The molecule has 0 aliphatic rings. The molecule has 0 saturated carbocycles. The number of amides is 1. The second kappa shape index (κ2) is 9.32. The number of nitrogens with one attached hydrogen (secondary N) is 2. The van der Waals surface area contributed by atoms with Gasteiger partial charge in [0.1, 0.15) is 17.3 Å². The van der Waals surface area contributed by atoms with Crippen LogP contribution in [0.1, 0.15) is 26.4 Å². The van der Waals surface area contributed by atoms with Crippen LogP contribution >= 0.6 is 0 Å². The quantitative estimate of drug-likeness (QED) is 0.596. The minimum Gasteiger partial charge on any atom is -0.496 e. The summed E-state index contributed by atoms with van der Waals surface area (Å²) in [4.78, 5) is 32.3. The van der Waals surface area contributed by atoms with Crippen LogP contribution in [0.3, 0.4) is 0 Å². The highest BCUT2D eigenvalue weighted by Crippen LogP contribution is 2.18. The van der Waals surface area contributed by atoms with Gasteiger partial charge < -0.3 is 20.1 Å². The van der Waals surface area contributed by atoms with Crippen molar-refractivity contribution >= 4 is 23.4 Å². The lowest BCUT2D eigenvalue weighted by molar-refractivity contribution is 0.0600. The predicted octanol–water partition coefficient (Wildman–Crippen LogP) is 3.14. The molecule has 2 N–H and O–H groups in total. The van der Waals surface area contributed by atoms with E-state index >= 15 is 0 Å². The molecule has 0 fully saturated rings. The van der Waals surface area contributed by atoms with Gasteiger partial charge >= 0.3 is 5.97 Å². The maximum Gasteiger partial charge on any atom is 0.337 e. The SMILES string of the molecule is COC(=O)c1cccc(NC(=O)c2cnc(NCc3ccccc3OC)cn2)c1.